The predicted octanol–water partition coefficient (Wildman–Crippen LogP) is -2.74. The Morgan fingerprint density at radius 2 is 1.76 bits per heavy atom. The Morgan fingerprint density at radius 3 is 2.27 bits per heavy atom. The zero-order valence-corrected chi connectivity index (χ0v) is 19.3. The van der Waals surface area contributed by atoms with E-state index in [0.29, 0.717) is 25.1 Å². The van der Waals surface area contributed by atoms with E-state index in [-0.39, 0.29) is 18.6 Å². The van der Waals surface area contributed by atoms with Crippen LogP contribution in [-0.2, 0) is 25.6 Å². The molecule has 0 bridgehead atoms. The zero-order valence-electron chi connectivity index (χ0n) is 18.4. The van der Waals surface area contributed by atoms with E-state index in [9.17, 15) is 29.4 Å². The first-order chi connectivity index (χ1) is 15.6. The molecule has 1 rings (SSSR count). The highest BCUT2D eigenvalue weighted by Gasteiger charge is 2.31. The fraction of sp³-hybridized carbons (Fsp3) is 0.632. The molecule has 1 aromatic heterocycles. The number of aromatic amines is 1. The van der Waals surface area contributed by atoms with Crippen LogP contribution in [0.25, 0.3) is 0 Å². The maximum absolute atomic E-state index is 12.7. The summed E-state index contributed by atoms with van der Waals surface area (Å²) in [7, 11) is 0. The van der Waals surface area contributed by atoms with Crippen LogP contribution in [0.4, 0.5) is 0 Å². The number of thiol groups is 1. The number of amides is 3. The van der Waals surface area contributed by atoms with Gasteiger partial charge in [-0.3, -0.25) is 14.4 Å². The van der Waals surface area contributed by atoms with Crippen molar-refractivity contribution in [1.82, 2.24) is 25.9 Å². The first kappa shape index (κ1) is 28.4. The molecule has 33 heavy (non-hydrogen) atoms. The summed E-state index contributed by atoms with van der Waals surface area (Å²) in [6.07, 6.45) is 3.03. The van der Waals surface area contributed by atoms with Gasteiger partial charge < -0.3 is 42.6 Å². The average molecular weight is 488 g/mol. The number of nitrogens with one attached hydrogen (secondary N) is 4. The van der Waals surface area contributed by atoms with Crippen LogP contribution in [0.1, 0.15) is 31.9 Å². The number of nitrogens with zero attached hydrogens (tertiary/aromatic N) is 1. The van der Waals surface area contributed by atoms with Crippen LogP contribution in [0.2, 0.25) is 0 Å². The molecule has 3 amide bonds. The molecule has 0 radical (unpaired) electrons. The molecule has 0 aliphatic heterocycles. The Hall–Kier alpha value is -2.68. The second-order valence-corrected chi connectivity index (χ2v) is 7.91. The van der Waals surface area contributed by atoms with Crippen molar-refractivity contribution < 1.29 is 29.4 Å². The Balaban J connectivity index is 2.81. The van der Waals surface area contributed by atoms with Crippen molar-refractivity contribution in [3.8, 4) is 0 Å². The van der Waals surface area contributed by atoms with Crippen LogP contribution < -0.4 is 27.4 Å². The molecule has 0 aromatic carbocycles. The fourth-order valence-corrected chi connectivity index (χ4v) is 3.13. The molecule has 1 heterocycles. The van der Waals surface area contributed by atoms with Crippen LogP contribution in [0.3, 0.4) is 0 Å². The van der Waals surface area contributed by atoms with Crippen molar-refractivity contribution in [1.29, 1.82) is 0 Å². The van der Waals surface area contributed by atoms with Gasteiger partial charge in [-0.15, -0.1) is 0 Å². The maximum Gasteiger partial charge on any atom is 0.328 e. The summed E-state index contributed by atoms with van der Waals surface area (Å²) >= 11 is 4.10. The molecule has 0 saturated heterocycles. The van der Waals surface area contributed by atoms with E-state index in [1.807, 2.05) is 0 Å². The molecule has 0 spiro atoms. The number of H-pyrrole nitrogens is 1. The molecule has 0 saturated carbocycles. The molecule has 13 nitrogen and oxygen atoms in total. The SMILES string of the molecule is CC(O)C(NC(=O)C(CCCCN)NC(=O)C(CS)NC(=O)C(N)Cc1cnc[nH]1)C(=O)O. The normalized spacial score (nSPS) is 15.5. The van der Waals surface area contributed by atoms with Crippen LogP contribution >= 0.6 is 12.6 Å². The first-order valence-electron chi connectivity index (χ1n) is 10.5. The number of carboxylic acid groups (broad SMARTS) is 1. The van der Waals surface area contributed by atoms with E-state index in [4.69, 9.17) is 11.5 Å². The van der Waals surface area contributed by atoms with Crippen molar-refractivity contribution in [2.75, 3.05) is 12.3 Å². The lowest BCUT2D eigenvalue weighted by Gasteiger charge is -2.25. The topological polar surface area (TPSA) is 226 Å². The third-order valence-electron chi connectivity index (χ3n) is 4.77. The number of nitrogens with two attached hydrogens (primary N) is 2. The van der Waals surface area contributed by atoms with E-state index < -0.39 is 54.0 Å². The second kappa shape index (κ2) is 14.5. The van der Waals surface area contributed by atoms with Gasteiger partial charge in [0.15, 0.2) is 6.04 Å². The van der Waals surface area contributed by atoms with Crippen LogP contribution in [-0.4, -0.2) is 86.4 Å². The largest absolute Gasteiger partial charge is 0.480 e. The molecular weight excluding hydrogens is 454 g/mol. The number of aliphatic hydroxyl groups is 1. The third-order valence-corrected chi connectivity index (χ3v) is 5.14. The number of carbonyl (C=O) groups is 4. The smallest absolute Gasteiger partial charge is 0.328 e. The standard InChI is InChI=1S/C19H33N7O6S/c1-10(27)15(19(31)32)26-17(29)13(4-2-3-5-20)24-18(30)14(8-33)25-16(28)12(21)6-11-7-22-9-23-11/h7,9-10,12-15,27,33H,2-6,8,20-21H2,1H3,(H,22,23)(H,24,30)(H,25,28)(H,26,29)(H,31,32). The van der Waals surface area contributed by atoms with Gasteiger partial charge in [0.2, 0.25) is 17.7 Å². The summed E-state index contributed by atoms with van der Waals surface area (Å²) in [6.45, 7) is 1.59. The summed E-state index contributed by atoms with van der Waals surface area (Å²) in [6, 6.07) is -4.70. The maximum atomic E-state index is 12.7. The molecule has 0 aliphatic carbocycles. The molecule has 14 heteroatoms. The Labute approximate surface area is 196 Å². The highest BCUT2D eigenvalue weighted by molar-refractivity contribution is 7.80. The first-order valence-corrected chi connectivity index (χ1v) is 11.1. The van der Waals surface area contributed by atoms with Crippen LogP contribution in [0, 0.1) is 0 Å². The van der Waals surface area contributed by atoms with Crippen molar-refractivity contribution in [2.45, 2.75) is 62.9 Å². The number of unbranched alkanes of at least 4 members (excludes halogenated alkanes) is 1. The number of carbonyl (C=O) groups excluding carboxylic acids is 3. The lowest BCUT2D eigenvalue weighted by Crippen LogP contribution is -2.58. The molecular formula is C19H33N7O6S. The zero-order chi connectivity index (χ0) is 25.0. The van der Waals surface area contributed by atoms with E-state index in [2.05, 4.69) is 38.5 Å². The fourth-order valence-electron chi connectivity index (χ4n) is 2.88. The highest BCUT2D eigenvalue weighted by Crippen LogP contribution is 2.05. The summed E-state index contributed by atoms with van der Waals surface area (Å²) in [5.74, 6) is -3.56. The number of aliphatic hydroxyl groups excluding tert-OH is 1. The van der Waals surface area contributed by atoms with Gasteiger partial charge in [0, 0.05) is 24.1 Å². The number of hydrogen-bond donors (Lipinski definition) is 9. The van der Waals surface area contributed by atoms with Gasteiger partial charge in [-0.05, 0) is 32.7 Å². The third kappa shape index (κ3) is 9.77. The van der Waals surface area contributed by atoms with Crippen molar-refractivity contribution in [3.63, 3.8) is 0 Å². The average Bonchev–Trinajstić information content (AvgIpc) is 3.27. The van der Waals surface area contributed by atoms with E-state index in [1.165, 1.54) is 19.4 Å². The monoisotopic (exact) mass is 487 g/mol. The summed E-state index contributed by atoms with van der Waals surface area (Å²) in [4.78, 5) is 55.7. The van der Waals surface area contributed by atoms with Crippen molar-refractivity contribution in [3.05, 3.63) is 18.2 Å². The molecule has 186 valence electrons. The Morgan fingerprint density at radius 1 is 1.12 bits per heavy atom. The highest BCUT2D eigenvalue weighted by atomic mass is 32.1. The molecule has 0 fully saturated rings. The van der Waals surface area contributed by atoms with Gasteiger partial charge in [0.25, 0.3) is 0 Å². The molecule has 5 unspecified atom stereocenters. The predicted molar refractivity (Wildman–Crippen MR) is 122 cm³/mol. The number of imidazole rings is 1. The van der Waals surface area contributed by atoms with Gasteiger partial charge in [-0.25, -0.2) is 9.78 Å². The van der Waals surface area contributed by atoms with Gasteiger partial charge >= 0.3 is 5.97 Å². The van der Waals surface area contributed by atoms with Crippen molar-refractivity contribution >= 4 is 36.3 Å². The number of aromatic nitrogens is 2. The van der Waals surface area contributed by atoms with Gasteiger partial charge in [0.1, 0.15) is 12.1 Å². The van der Waals surface area contributed by atoms with Crippen molar-refractivity contribution in [2.24, 2.45) is 11.5 Å². The molecule has 0 aliphatic rings. The number of aliphatic carboxylic acids is 1. The van der Waals surface area contributed by atoms with E-state index >= 15 is 0 Å². The summed E-state index contributed by atoms with van der Waals surface area (Å²) < 4.78 is 0. The van der Waals surface area contributed by atoms with Gasteiger partial charge in [-0.2, -0.15) is 12.6 Å². The Bertz CT molecular complexity index is 777. The Kier molecular flexibility index (Phi) is 12.4. The van der Waals surface area contributed by atoms with E-state index in [0.717, 1.165) is 0 Å². The van der Waals surface area contributed by atoms with Crippen LogP contribution in [0.5, 0.6) is 0 Å². The number of hydrogen-bond acceptors (Lipinski definition) is 9. The summed E-state index contributed by atoms with van der Waals surface area (Å²) in [5, 5.41) is 26.0. The lowest BCUT2D eigenvalue weighted by atomic mass is 10.1. The van der Waals surface area contributed by atoms with E-state index in [1.54, 1.807) is 0 Å². The summed E-state index contributed by atoms with van der Waals surface area (Å²) in [5.41, 5.74) is 12.0. The number of carboxylic acids is 1. The minimum Gasteiger partial charge on any atom is -0.480 e. The quantitative estimate of drug-likeness (QED) is 0.0922. The lowest BCUT2D eigenvalue weighted by molar-refractivity contribution is -0.145. The molecule has 1 aromatic rings. The minimum absolute atomic E-state index is 0.0725. The van der Waals surface area contributed by atoms with Gasteiger partial charge in [0.05, 0.1) is 18.5 Å². The van der Waals surface area contributed by atoms with Gasteiger partial charge in [-0.1, -0.05) is 0 Å². The van der Waals surface area contributed by atoms with Crippen LogP contribution in [0.15, 0.2) is 12.5 Å². The second-order valence-electron chi connectivity index (χ2n) is 7.54. The minimum atomic E-state index is -1.55. The number of rotatable bonds is 15. The molecule has 5 atom stereocenters. The molecule has 10 N–H and O–H groups in total.